The molecular weight excluding hydrogens is 356 g/mol. The average Bonchev–Trinajstić information content (AvgIpc) is 2.72. The number of carbonyl (C=O) groups is 2. The molecule has 1 aliphatic rings. The number of fused-ring (bicyclic) bond motifs is 1. The minimum Gasteiger partial charge on any atom is -0.494 e. The van der Waals surface area contributed by atoms with Crippen molar-refractivity contribution in [1.29, 1.82) is 0 Å². The smallest absolute Gasteiger partial charge is 0.227 e. The van der Waals surface area contributed by atoms with Crippen molar-refractivity contribution >= 4 is 23.2 Å². The highest BCUT2D eigenvalue weighted by Gasteiger charge is 2.16. The van der Waals surface area contributed by atoms with E-state index < -0.39 is 0 Å². The summed E-state index contributed by atoms with van der Waals surface area (Å²) in [4.78, 5) is 25.8. The maximum atomic E-state index is 12.6. The van der Waals surface area contributed by atoms with E-state index in [0.717, 1.165) is 22.7 Å². The summed E-state index contributed by atoms with van der Waals surface area (Å²) in [7, 11) is 0. The molecule has 1 aliphatic heterocycles. The van der Waals surface area contributed by atoms with Crippen molar-refractivity contribution < 1.29 is 19.4 Å². The van der Waals surface area contributed by atoms with E-state index in [-0.39, 0.29) is 18.4 Å². The fourth-order valence-corrected chi connectivity index (χ4v) is 3.23. The minimum atomic E-state index is 0.0244. The third kappa shape index (κ3) is 5.33. The number of ether oxygens (including phenoxy) is 1. The first-order valence-corrected chi connectivity index (χ1v) is 9.69. The van der Waals surface area contributed by atoms with Gasteiger partial charge in [0.15, 0.2) is 0 Å². The Morgan fingerprint density at radius 1 is 1.11 bits per heavy atom. The van der Waals surface area contributed by atoms with E-state index >= 15 is 0 Å². The molecule has 148 valence electrons. The van der Waals surface area contributed by atoms with E-state index in [1.54, 1.807) is 4.90 Å². The quantitative estimate of drug-likeness (QED) is 0.653. The van der Waals surface area contributed by atoms with Crippen molar-refractivity contribution in [2.45, 2.75) is 32.1 Å². The Morgan fingerprint density at radius 3 is 2.71 bits per heavy atom. The Kier molecular flexibility index (Phi) is 7.03. The van der Waals surface area contributed by atoms with Crippen LogP contribution < -0.4 is 15.0 Å². The van der Waals surface area contributed by atoms with Crippen molar-refractivity contribution in [1.82, 2.24) is 0 Å². The van der Waals surface area contributed by atoms with Gasteiger partial charge in [-0.3, -0.25) is 9.59 Å². The lowest BCUT2D eigenvalue weighted by atomic mass is 10.0. The standard InChI is InChI=1S/C22H26N2O4/c25-14-5-13-24(18-6-2-1-3-7-18)22(27)8-4-15-28-19-10-11-20-17(16-19)9-12-21(26)23-20/h1-3,6-7,10-11,16,25H,4-5,8-9,12-15H2,(H,23,26). The van der Waals surface area contributed by atoms with Crippen molar-refractivity contribution in [3.63, 3.8) is 0 Å². The summed E-state index contributed by atoms with van der Waals surface area (Å²) < 4.78 is 5.79. The number of aryl methyl sites for hydroxylation is 1. The summed E-state index contributed by atoms with van der Waals surface area (Å²) in [5, 5.41) is 12.0. The Morgan fingerprint density at radius 2 is 1.93 bits per heavy atom. The van der Waals surface area contributed by atoms with Crippen LogP contribution in [-0.2, 0) is 16.0 Å². The van der Waals surface area contributed by atoms with Gasteiger partial charge in [0.2, 0.25) is 11.8 Å². The van der Waals surface area contributed by atoms with Crippen LogP contribution >= 0.6 is 0 Å². The molecule has 0 bridgehead atoms. The largest absolute Gasteiger partial charge is 0.494 e. The molecule has 0 atom stereocenters. The highest BCUT2D eigenvalue weighted by molar-refractivity contribution is 5.94. The highest BCUT2D eigenvalue weighted by atomic mass is 16.5. The van der Waals surface area contributed by atoms with Crippen LogP contribution in [0, 0.1) is 0 Å². The molecule has 0 unspecified atom stereocenters. The molecule has 0 saturated heterocycles. The first-order valence-electron chi connectivity index (χ1n) is 9.69. The van der Waals surface area contributed by atoms with Gasteiger partial charge in [0.05, 0.1) is 6.61 Å². The van der Waals surface area contributed by atoms with Crippen molar-refractivity contribution in [3.05, 3.63) is 54.1 Å². The second-order valence-corrected chi connectivity index (χ2v) is 6.78. The van der Waals surface area contributed by atoms with Gasteiger partial charge in [-0.1, -0.05) is 18.2 Å². The average molecular weight is 382 g/mol. The molecule has 0 aromatic heterocycles. The van der Waals surface area contributed by atoms with Gasteiger partial charge in [0, 0.05) is 37.4 Å². The number of aliphatic hydroxyl groups is 1. The lowest BCUT2D eigenvalue weighted by Crippen LogP contribution is -2.32. The number of anilines is 2. The molecule has 0 fully saturated rings. The van der Waals surface area contributed by atoms with E-state index in [1.165, 1.54) is 0 Å². The van der Waals surface area contributed by atoms with Crippen LogP contribution in [-0.4, -0.2) is 36.7 Å². The van der Waals surface area contributed by atoms with Crippen LogP contribution in [0.15, 0.2) is 48.5 Å². The second-order valence-electron chi connectivity index (χ2n) is 6.78. The normalized spacial score (nSPS) is 12.8. The van der Waals surface area contributed by atoms with Crippen molar-refractivity contribution in [2.75, 3.05) is 30.0 Å². The fourth-order valence-electron chi connectivity index (χ4n) is 3.23. The molecular formula is C22H26N2O4. The van der Waals surface area contributed by atoms with E-state index in [4.69, 9.17) is 9.84 Å². The van der Waals surface area contributed by atoms with E-state index in [9.17, 15) is 9.59 Å². The SMILES string of the molecule is O=C1CCc2cc(OCCCC(=O)N(CCCO)c3ccccc3)ccc2N1. The molecule has 0 aliphatic carbocycles. The molecule has 0 saturated carbocycles. The van der Waals surface area contributed by atoms with Crippen LogP contribution in [0.25, 0.3) is 0 Å². The summed E-state index contributed by atoms with van der Waals surface area (Å²) in [5.41, 5.74) is 2.77. The number of rotatable bonds is 9. The molecule has 2 aromatic rings. The number of amides is 2. The third-order valence-electron chi connectivity index (χ3n) is 4.68. The highest BCUT2D eigenvalue weighted by Crippen LogP contribution is 2.27. The van der Waals surface area contributed by atoms with Crippen molar-refractivity contribution in [3.8, 4) is 5.75 Å². The Balaban J connectivity index is 1.49. The van der Waals surface area contributed by atoms with Crippen LogP contribution in [0.1, 0.15) is 31.2 Å². The van der Waals surface area contributed by atoms with Crippen LogP contribution in [0.5, 0.6) is 5.75 Å². The molecule has 0 spiro atoms. The number of nitrogens with zero attached hydrogens (tertiary/aromatic N) is 1. The lowest BCUT2D eigenvalue weighted by Gasteiger charge is -2.22. The van der Waals surface area contributed by atoms with Crippen LogP contribution in [0.4, 0.5) is 11.4 Å². The minimum absolute atomic E-state index is 0.0244. The number of hydrogen-bond acceptors (Lipinski definition) is 4. The number of aliphatic hydroxyl groups excluding tert-OH is 1. The zero-order valence-corrected chi connectivity index (χ0v) is 15.9. The van der Waals surface area contributed by atoms with Crippen LogP contribution in [0.3, 0.4) is 0 Å². The summed E-state index contributed by atoms with van der Waals surface area (Å²) in [6, 6.07) is 15.2. The fraction of sp³-hybridized carbons (Fsp3) is 0.364. The topological polar surface area (TPSA) is 78.9 Å². The van der Waals surface area contributed by atoms with E-state index in [1.807, 2.05) is 48.5 Å². The second kappa shape index (κ2) is 9.90. The Labute approximate surface area is 165 Å². The van der Waals surface area contributed by atoms with E-state index in [2.05, 4.69) is 5.32 Å². The Hall–Kier alpha value is -2.86. The van der Waals surface area contributed by atoms with Gasteiger partial charge in [-0.05, 0) is 55.2 Å². The number of para-hydroxylation sites is 1. The van der Waals surface area contributed by atoms with Crippen molar-refractivity contribution in [2.24, 2.45) is 0 Å². The van der Waals surface area contributed by atoms with Gasteiger partial charge in [-0.25, -0.2) is 0 Å². The Bertz CT molecular complexity index is 807. The molecule has 6 heteroatoms. The van der Waals surface area contributed by atoms with Gasteiger partial charge in [0.25, 0.3) is 0 Å². The number of carbonyl (C=O) groups excluding carboxylic acids is 2. The number of nitrogens with one attached hydrogen (secondary N) is 1. The predicted octanol–water partition coefficient (Wildman–Crippen LogP) is 3.15. The van der Waals surface area contributed by atoms with E-state index in [0.29, 0.717) is 45.3 Å². The van der Waals surface area contributed by atoms with Gasteiger partial charge in [-0.15, -0.1) is 0 Å². The summed E-state index contributed by atoms with van der Waals surface area (Å²) >= 11 is 0. The number of benzene rings is 2. The zero-order valence-electron chi connectivity index (χ0n) is 15.9. The van der Waals surface area contributed by atoms with Gasteiger partial charge in [-0.2, -0.15) is 0 Å². The maximum Gasteiger partial charge on any atom is 0.227 e. The molecule has 2 N–H and O–H groups in total. The van der Waals surface area contributed by atoms with Gasteiger partial charge in [0.1, 0.15) is 5.75 Å². The molecule has 2 aromatic carbocycles. The molecule has 28 heavy (non-hydrogen) atoms. The first kappa shape index (κ1) is 19.9. The lowest BCUT2D eigenvalue weighted by molar-refractivity contribution is -0.119. The maximum absolute atomic E-state index is 12.6. The molecule has 2 amide bonds. The number of hydrogen-bond donors (Lipinski definition) is 2. The summed E-state index contributed by atoms with van der Waals surface area (Å²) in [6.07, 6.45) is 2.74. The predicted molar refractivity (Wildman–Crippen MR) is 109 cm³/mol. The zero-order chi connectivity index (χ0) is 19.8. The molecule has 6 nitrogen and oxygen atoms in total. The molecule has 3 rings (SSSR count). The van der Waals surface area contributed by atoms with Gasteiger partial charge < -0.3 is 20.1 Å². The first-order chi connectivity index (χ1) is 13.7. The van der Waals surface area contributed by atoms with Crippen LogP contribution in [0.2, 0.25) is 0 Å². The summed E-state index contributed by atoms with van der Waals surface area (Å²) in [5.74, 6) is 0.822. The van der Waals surface area contributed by atoms with Gasteiger partial charge >= 0.3 is 0 Å². The third-order valence-corrected chi connectivity index (χ3v) is 4.68. The molecule has 0 radical (unpaired) electrons. The summed E-state index contributed by atoms with van der Waals surface area (Å²) in [6.45, 7) is 0.995. The monoisotopic (exact) mass is 382 g/mol. The molecule has 1 heterocycles.